The van der Waals surface area contributed by atoms with E-state index in [1.165, 1.54) is 36.7 Å². The van der Waals surface area contributed by atoms with Gasteiger partial charge in [-0.2, -0.15) is 0 Å². The number of hydrogen-bond acceptors (Lipinski definition) is 5. The lowest BCUT2D eigenvalue weighted by molar-refractivity contribution is 0.0644. The van der Waals surface area contributed by atoms with Crippen molar-refractivity contribution in [2.24, 2.45) is 0 Å². The first-order valence-electron chi connectivity index (χ1n) is 13.0. The Labute approximate surface area is 212 Å². The van der Waals surface area contributed by atoms with Gasteiger partial charge in [0.15, 0.2) is 0 Å². The maximum Gasteiger partial charge on any atom is 0.253 e. The minimum absolute atomic E-state index is 0.121. The van der Waals surface area contributed by atoms with E-state index in [0.29, 0.717) is 12.0 Å². The number of likely N-dealkylation sites (tertiary alicyclic amines) is 2. The first-order valence-corrected chi connectivity index (χ1v) is 13.0. The van der Waals surface area contributed by atoms with Crippen LogP contribution in [0.2, 0.25) is 0 Å². The van der Waals surface area contributed by atoms with Crippen molar-refractivity contribution in [3.8, 4) is 11.3 Å². The zero-order valence-electron chi connectivity index (χ0n) is 20.4. The topological polar surface area (TPSA) is 61.4 Å². The number of fused-ring (bicyclic) bond motifs is 1. The molecule has 3 heterocycles. The highest BCUT2D eigenvalue weighted by Crippen LogP contribution is 2.25. The number of benzene rings is 3. The van der Waals surface area contributed by atoms with Gasteiger partial charge in [-0.05, 0) is 85.9 Å². The van der Waals surface area contributed by atoms with E-state index in [9.17, 15) is 4.79 Å². The largest absolute Gasteiger partial charge is 0.339 e. The SMILES string of the molecule is O=C(c1ccc(Nc2nccc(-c3ccc4ccccc4c3)n2)cc1)N1CCC(N2CCCC2)CC1. The maximum absolute atomic E-state index is 13.1. The second-order valence-corrected chi connectivity index (χ2v) is 9.80. The number of hydrogen-bond donors (Lipinski definition) is 1. The van der Waals surface area contributed by atoms with Crippen LogP contribution in [-0.2, 0) is 0 Å². The Bertz CT molecular complexity index is 1360. The lowest BCUT2D eigenvalue weighted by Gasteiger charge is -2.36. The van der Waals surface area contributed by atoms with Crippen molar-refractivity contribution >= 4 is 28.3 Å². The van der Waals surface area contributed by atoms with Gasteiger partial charge in [-0.15, -0.1) is 0 Å². The predicted octanol–water partition coefficient (Wildman–Crippen LogP) is 5.74. The Balaban J connectivity index is 1.10. The average molecular weight is 478 g/mol. The Morgan fingerprint density at radius 3 is 2.36 bits per heavy atom. The van der Waals surface area contributed by atoms with Crippen LogP contribution in [0, 0.1) is 0 Å². The molecule has 6 nitrogen and oxygen atoms in total. The number of nitrogens with zero attached hydrogens (tertiary/aromatic N) is 4. The Hall–Kier alpha value is -3.77. The number of rotatable bonds is 5. The fraction of sp³-hybridized carbons (Fsp3) is 0.300. The smallest absolute Gasteiger partial charge is 0.253 e. The minimum atomic E-state index is 0.121. The maximum atomic E-state index is 13.1. The molecule has 0 spiro atoms. The van der Waals surface area contributed by atoms with Gasteiger partial charge in [0.05, 0.1) is 5.69 Å². The Morgan fingerprint density at radius 1 is 0.833 bits per heavy atom. The van der Waals surface area contributed by atoms with Crippen LogP contribution in [0.3, 0.4) is 0 Å². The molecule has 2 aliphatic heterocycles. The first kappa shape index (κ1) is 22.7. The summed E-state index contributed by atoms with van der Waals surface area (Å²) in [5.41, 5.74) is 3.50. The van der Waals surface area contributed by atoms with Crippen molar-refractivity contribution in [3.05, 3.63) is 84.6 Å². The van der Waals surface area contributed by atoms with Crippen molar-refractivity contribution in [1.82, 2.24) is 19.8 Å². The van der Waals surface area contributed by atoms with Crippen LogP contribution < -0.4 is 5.32 Å². The van der Waals surface area contributed by atoms with Gasteiger partial charge in [-0.25, -0.2) is 9.97 Å². The van der Waals surface area contributed by atoms with E-state index in [0.717, 1.165) is 48.4 Å². The number of carbonyl (C=O) groups excluding carboxylic acids is 1. The molecule has 6 rings (SSSR count). The van der Waals surface area contributed by atoms with Gasteiger partial charge in [-0.3, -0.25) is 4.79 Å². The summed E-state index contributed by atoms with van der Waals surface area (Å²) in [7, 11) is 0. The normalized spacial score (nSPS) is 16.9. The van der Waals surface area contributed by atoms with Crippen LogP contribution >= 0.6 is 0 Å². The molecule has 2 fully saturated rings. The molecule has 2 saturated heterocycles. The van der Waals surface area contributed by atoms with Crippen molar-refractivity contribution < 1.29 is 4.79 Å². The van der Waals surface area contributed by atoms with E-state index in [1.54, 1.807) is 6.20 Å². The first-order chi connectivity index (χ1) is 17.7. The average Bonchev–Trinajstić information content (AvgIpc) is 3.48. The summed E-state index contributed by atoms with van der Waals surface area (Å²) in [5, 5.41) is 5.67. The van der Waals surface area contributed by atoms with Crippen LogP contribution in [0.4, 0.5) is 11.6 Å². The summed E-state index contributed by atoms with van der Waals surface area (Å²) < 4.78 is 0. The Morgan fingerprint density at radius 2 is 1.58 bits per heavy atom. The molecule has 0 saturated carbocycles. The van der Waals surface area contributed by atoms with Gasteiger partial charge in [-0.1, -0.05) is 36.4 Å². The molecule has 1 N–H and O–H groups in total. The zero-order valence-corrected chi connectivity index (χ0v) is 20.4. The highest BCUT2D eigenvalue weighted by Gasteiger charge is 2.28. The monoisotopic (exact) mass is 477 g/mol. The van der Waals surface area contributed by atoms with E-state index in [-0.39, 0.29) is 5.91 Å². The molecule has 36 heavy (non-hydrogen) atoms. The van der Waals surface area contributed by atoms with Crippen LogP contribution in [0.1, 0.15) is 36.0 Å². The van der Waals surface area contributed by atoms with Crippen molar-refractivity contribution in [3.63, 3.8) is 0 Å². The third kappa shape index (κ3) is 4.82. The highest BCUT2D eigenvalue weighted by atomic mass is 16.2. The molecule has 0 atom stereocenters. The number of anilines is 2. The predicted molar refractivity (Wildman–Crippen MR) is 144 cm³/mol. The molecule has 1 aromatic heterocycles. The third-order valence-electron chi connectivity index (χ3n) is 7.50. The molecular formula is C30H31N5O. The third-order valence-corrected chi connectivity index (χ3v) is 7.50. The second kappa shape index (κ2) is 10.1. The van der Waals surface area contributed by atoms with Crippen molar-refractivity contribution in [2.45, 2.75) is 31.7 Å². The lowest BCUT2D eigenvalue weighted by atomic mass is 10.0. The molecule has 0 unspecified atom stereocenters. The second-order valence-electron chi connectivity index (χ2n) is 9.80. The molecule has 6 heteroatoms. The van der Waals surface area contributed by atoms with Crippen molar-refractivity contribution in [1.29, 1.82) is 0 Å². The molecule has 182 valence electrons. The van der Waals surface area contributed by atoms with Gasteiger partial charge >= 0.3 is 0 Å². The summed E-state index contributed by atoms with van der Waals surface area (Å²) in [4.78, 5) is 26.8. The lowest BCUT2D eigenvalue weighted by Crippen LogP contribution is -2.45. The van der Waals surface area contributed by atoms with Crippen molar-refractivity contribution in [2.75, 3.05) is 31.5 Å². The van der Waals surface area contributed by atoms with Gasteiger partial charge in [0, 0.05) is 42.1 Å². The number of amides is 1. The van der Waals surface area contributed by atoms with Crippen LogP contribution in [0.5, 0.6) is 0 Å². The number of piperidine rings is 1. The van der Waals surface area contributed by atoms with E-state index in [1.807, 2.05) is 47.4 Å². The summed E-state index contributed by atoms with van der Waals surface area (Å²) in [6.07, 6.45) is 6.56. The molecule has 0 aliphatic carbocycles. The number of aromatic nitrogens is 2. The summed E-state index contributed by atoms with van der Waals surface area (Å²) >= 11 is 0. The van der Waals surface area contributed by atoms with Gasteiger partial charge in [0.2, 0.25) is 5.95 Å². The highest BCUT2D eigenvalue weighted by molar-refractivity contribution is 5.94. The van der Waals surface area contributed by atoms with E-state index >= 15 is 0 Å². The van der Waals surface area contributed by atoms with Crippen LogP contribution in [0.15, 0.2) is 79.0 Å². The molecular weight excluding hydrogens is 446 g/mol. The van der Waals surface area contributed by atoms with Gasteiger partial charge in [0.1, 0.15) is 0 Å². The molecule has 3 aromatic carbocycles. The molecule has 4 aromatic rings. The van der Waals surface area contributed by atoms with Gasteiger partial charge in [0.25, 0.3) is 5.91 Å². The molecule has 2 aliphatic rings. The fourth-order valence-corrected chi connectivity index (χ4v) is 5.48. The van der Waals surface area contributed by atoms with Crippen LogP contribution in [0.25, 0.3) is 22.0 Å². The molecule has 1 amide bonds. The zero-order chi connectivity index (χ0) is 24.3. The number of carbonyl (C=O) groups is 1. The summed E-state index contributed by atoms with van der Waals surface area (Å²) in [6.45, 7) is 4.13. The Kier molecular flexibility index (Phi) is 6.35. The number of nitrogens with one attached hydrogen (secondary N) is 1. The molecule has 0 radical (unpaired) electrons. The summed E-state index contributed by atoms with van der Waals surface area (Å²) in [6, 6.07) is 24.9. The van der Waals surface area contributed by atoms with E-state index in [2.05, 4.69) is 45.5 Å². The summed E-state index contributed by atoms with van der Waals surface area (Å²) in [5.74, 6) is 0.652. The molecule has 0 bridgehead atoms. The quantitative estimate of drug-likeness (QED) is 0.397. The van der Waals surface area contributed by atoms with E-state index in [4.69, 9.17) is 4.98 Å². The minimum Gasteiger partial charge on any atom is -0.339 e. The standard InChI is InChI=1S/C30H31N5O/c36-29(35-19-14-27(15-20-35)34-17-3-4-18-34)23-9-11-26(12-10-23)32-30-31-16-13-28(33-30)25-8-7-22-5-1-2-6-24(22)21-25/h1-2,5-13,16,21,27H,3-4,14-15,17-20H2,(H,31,32,33). The van der Waals surface area contributed by atoms with E-state index < -0.39 is 0 Å². The fourth-order valence-electron chi connectivity index (χ4n) is 5.48. The van der Waals surface area contributed by atoms with Crippen LogP contribution in [-0.4, -0.2) is 57.9 Å². The van der Waals surface area contributed by atoms with Gasteiger partial charge < -0.3 is 15.1 Å².